The van der Waals surface area contributed by atoms with Gasteiger partial charge in [-0.1, -0.05) is 0 Å². The Morgan fingerprint density at radius 1 is 1.21 bits per heavy atom. The third-order valence-corrected chi connectivity index (χ3v) is 4.44. The Kier molecular flexibility index (Phi) is 4.97. The first-order valence-corrected chi connectivity index (χ1v) is 8.26. The standard InChI is InChI=1S/C18H14F2N4O5/c1-18(10-2-5-12(6-3-10)24(28)29)16(26)23(17(27)22-18)9-15(25)21-14-7-4-11(19)8-13(14)20/h2-8H,9H2,1H3,(H,21,25)(H,22,27)/t18-/m0/s1. The highest BCUT2D eigenvalue weighted by atomic mass is 19.1. The van der Waals surface area contributed by atoms with Crippen molar-refractivity contribution in [3.63, 3.8) is 0 Å². The molecule has 9 nitrogen and oxygen atoms in total. The molecule has 0 saturated carbocycles. The molecule has 2 aromatic carbocycles. The van der Waals surface area contributed by atoms with Crippen LogP contribution in [0.3, 0.4) is 0 Å². The summed E-state index contributed by atoms with van der Waals surface area (Å²) in [6.45, 7) is 0.690. The minimum absolute atomic E-state index is 0.188. The van der Waals surface area contributed by atoms with Crippen LogP contribution in [0.2, 0.25) is 0 Å². The molecule has 11 heteroatoms. The number of nitro benzene ring substituents is 1. The van der Waals surface area contributed by atoms with Gasteiger partial charge >= 0.3 is 6.03 Å². The van der Waals surface area contributed by atoms with E-state index in [1.54, 1.807) is 0 Å². The number of imide groups is 1. The summed E-state index contributed by atoms with van der Waals surface area (Å²) in [5.74, 6) is -3.46. The molecule has 0 bridgehead atoms. The van der Waals surface area contributed by atoms with Crippen molar-refractivity contribution in [1.82, 2.24) is 10.2 Å². The lowest BCUT2D eigenvalue weighted by molar-refractivity contribution is -0.384. The van der Waals surface area contributed by atoms with Gasteiger partial charge in [-0.3, -0.25) is 24.6 Å². The maximum Gasteiger partial charge on any atom is 0.325 e. The smallest absolute Gasteiger partial charge is 0.322 e. The third-order valence-electron chi connectivity index (χ3n) is 4.44. The minimum atomic E-state index is -1.53. The summed E-state index contributed by atoms with van der Waals surface area (Å²) in [6.07, 6.45) is 0. The van der Waals surface area contributed by atoms with E-state index in [4.69, 9.17) is 0 Å². The van der Waals surface area contributed by atoms with Crippen molar-refractivity contribution >= 4 is 29.2 Å². The van der Waals surface area contributed by atoms with E-state index in [0.717, 1.165) is 12.1 Å². The molecular formula is C18H14F2N4O5. The van der Waals surface area contributed by atoms with E-state index in [1.807, 2.05) is 0 Å². The van der Waals surface area contributed by atoms with Gasteiger partial charge in [-0.2, -0.15) is 0 Å². The van der Waals surface area contributed by atoms with Crippen LogP contribution in [0.25, 0.3) is 0 Å². The molecule has 1 atom stereocenters. The van der Waals surface area contributed by atoms with Gasteiger partial charge in [0.25, 0.3) is 11.6 Å². The number of carbonyl (C=O) groups excluding carboxylic acids is 3. The monoisotopic (exact) mass is 404 g/mol. The molecule has 0 aromatic heterocycles. The average molecular weight is 404 g/mol. The Morgan fingerprint density at radius 3 is 2.45 bits per heavy atom. The van der Waals surface area contributed by atoms with E-state index in [-0.39, 0.29) is 16.9 Å². The van der Waals surface area contributed by atoms with Gasteiger partial charge in [0.05, 0.1) is 10.6 Å². The van der Waals surface area contributed by atoms with Gasteiger partial charge in [0.1, 0.15) is 23.7 Å². The molecule has 2 N–H and O–H groups in total. The molecule has 1 saturated heterocycles. The van der Waals surface area contributed by atoms with Crippen molar-refractivity contribution in [2.75, 3.05) is 11.9 Å². The Hall–Kier alpha value is -3.89. The summed E-state index contributed by atoms with van der Waals surface area (Å²) in [6, 6.07) is 6.70. The van der Waals surface area contributed by atoms with Crippen molar-refractivity contribution in [1.29, 1.82) is 0 Å². The molecular weight excluding hydrogens is 390 g/mol. The lowest BCUT2D eigenvalue weighted by atomic mass is 9.92. The van der Waals surface area contributed by atoms with Gasteiger partial charge in [0.15, 0.2) is 0 Å². The van der Waals surface area contributed by atoms with Crippen molar-refractivity contribution < 1.29 is 28.1 Å². The zero-order chi connectivity index (χ0) is 21.3. The number of benzene rings is 2. The largest absolute Gasteiger partial charge is 0.325 e. The summed E-state index contributed by atoms with van der Waals surface area (Å²) in [5.41, 5.74) is -1.74. The normalized spacial score (nSPS) is 18.5. The number of nitrogens with one attached hydrogen (secondary N) is 2. The summed E-state index contributed by atoms with van der Waals surface area (Å²) in [4.78, 5) is 47.9. The SMILES string of the molecule is C[C@@]1(c2ccc([N+](=O)[O-])cc2)NC(=O)N(CC(=O)Nc2ccc(F)cc2F)C1=O. The third kappa shape index (κ3) is 3.74. The van der Waals surface area contributed by atoms with Crippen LogP contribution in [0.4, 0.5) is 25.0 Å². The number of non-ortho nitro benzene ring substituents is 1. The number of hydrogen-bond acceptors (Lipinski definition) is 5. The van der Waals surface area contributed by atoms with Gasteiger partial charge < -0.3 is 10.6 Å². The number of halogens is 2. The lowest BCUT2D eigenvalue weighted by Gasteiger charge is -2.22. The molecule has 4 amide bonds. The van der Waals surface area contributed by atoms with Crippen LogP contribution < -0.4 is 10.6 Å². The molecule has 1 aliphatic heterocycles. The summed E-state index contributed by atoms with van der Waals surface area (Å²) < 4.78 is 26.6. The Bertz CT molecular complexity index is 1030. The second kappa shape index (κ2) is 7.26. The number of amides is 4. The number of anilines is 1. The highest BCUT2D eigenvalue weighted by Gasteiger charge is 2.49. The van der Waals surface area contributed by atoms with Gasteiger partial charge in [-0.05, 0) is 36.8 Å². The highest BCUT2D eigenvalue weighted by Crippen LogP contribution is 2.30. The highest BCUT2D eigenvalue weighted by molar-refractivity contribution is 6.10. The molecule has 150 valence electrons. The second-order valence-electron chi connectivity index (χ2n) is 6.42. The predicted molar refractivity (Wildman–Crippen MR) is 95.7 cm³/mol. The van der Waals surface area contributed by atoms with Gasteiger partial charge in [-0.25, -0.2) is 13.6 Å². The van der Waals surface area contributed by atoms with Crippen molar-refractivity contribution in [3.05, 3.63) is 69.8 Å². The number of nitro groups is 1. The van der Waals surface area contributed by atoms with Crippen LogP contribution in [-0.4, -0.2) is 34.2 Å². The number of rotatable bonds is 5. The van der Waals surface area contributed by atoms with Crippen molar-refractivity contribution in [2.45, 2.75) is 12.5 Å². The van der Waals surface area contributed by atoms with Crippen LogP contribution in [0.1, 0.15) is 12.5 Å². The number of urea groups is 1. The van der Waals surface area contributed by atoms with E-state index in [2.05, 4.69) is 10.6 Å². The summed E-state index contributed by atoms with van der Waals surface area (Å²) in [7, 11) is 0. The zero-order valence-electron chi connectivity index (χ0n) is 14.9. The maximum atomic E-state index is 13.6. The van der Waals surface area contributed by atoms with Crippen LogP contribution in [0.15, 0.2) is 42.5 Å². The molecule has 0 radical (unpaired) electrons. The molecule has 0 aliphatic carbocycles. The fourth-order valence-corrected chi connectivity index (χ4v) is 2.88. The van der Waals surface area contributed by atoms with E-state index >= 15 is 0 Å². The fraction of sp³-hybridized carbons (Fsp3) is 0.167. The van der Waals surface area contributed by atoms with E-state index in [9.17, 15) is 33.3 Å². The summed E-state index contributed by atoms with van der Waals surface area (Å²) >= 11 is 0. The average Bonchev–Trinajstić information content (AvgIpc) is 2.88. The molecule has 1 fully saturated rings. The van der Waals surface area contributed by atoms with E-state index in [1.165, 1.54) is 31.2 Å². The van der Waals surface area contributed by atoms with Gasteiger partial charge in [-0.15, -0.1) is 0 Å². The van der Waals surface area contributed by atoms with Crippen LogP contribution in [-0.2, 0) is 15.1 Å². The first kappa shape index (κ1) is 19.9. The number of carbonyl (C=O) groups is 3. The molecule has 29 heavy (non-hydrogen) atoms. The van der Waals surface area contributed by atoms with Crippen LogP contribution in [0.5, 0.6) is 0 Å². The molecule has 2 aromatic rings. The quantitative estimate of drug-likeness (QED) is 0.450. The number of nitrogens with zero attached hydrogens (tertiary/aromatic N) is 2. The maximum absolute atomic E-state index is 13.6. The van der Waals surface area contributed by atoms with Gasteiger partial charge in [0, 0.05) is 18.2 Å². The fourth-order valence-electron chi connectivity index (χ4n) is 2.88. The van der Waals surface area contributed by atoms with Crippen molar-refractivity contribution in [3.8, 4) is 0 Å². The zero-order valence-corrected chi connectivity index (χ0v) is 14.9. The predicted octanol–water partition coefficient (Wildman–Crippen LogP) is 2.28. The molecule has 1 aliphatic rings. The minimum Gasteiger partial charge on any atom is -0.322 e. The van der Waals surface area contributed by atoms with E-state index in [0.29, 0.717) is 11.0 Å². The first-order chi connectivity index (χ1) is 13.6. The lowest BCUT2D eigenvalue weighted by Crippen LogP contribution is -2.42. The van der Waals surface area contributed by atoms with Gasteiger partial charge in [0.2, 0.25) is 5.91 Å². The first-order valence-electron chi connectivity index (χ1n) is 8.26. The Morgan fingerprint density at radius 2 is 1.86 bits per heavy atom. The topological polar surface area (TPSA) is 122 Å². The Balaban J connectivity index is 1.75. The molecule has 1 heterocycles. The van der Waals surface area contributed by atoms with Crippen molar-refractivity contribution in [2.24, 2.45) is 0 Å². The molecule has 3 rings (SSSR count). The second-order valence-corrected chi connectivity index (χ2v) is 6.42. The molecule has 0 unspecified atom stereocenters. The molecule has 0 spiro atoms. The summed E-state index contributed by atoms with van der Waals surface area (Å²) in [5, 5.41) is 15.4. The van der Waals surface area contributed by atoms with E-state index < -0.39 is 46.5 Å². The number of hydrogen-bond donors (Lipinski definition) is 2. The van der Waals surface area contributed by atoms with Crippen LogP contribution >= 0.6 is 0 Å². The van der Waals surface area contributed by atoms with Crippen LogP contribution in [0, 0.1) is 21.7 Å². The Labute approximate surface area is 162 Å².